The van der Waals surface area contributed by atoms with Gasteiger partial charge in [0.05, 0.1) is 23.1 Å². The number of benzene rings is 1. The van der Waals surface area contributed by atoms with Crippen LogP contribution in [0.2, 0.25) is 0 Å². The second-order valence-electron chi connectivity index (χ2n) is 5.32. The number of hydrogen-bond donors (Lipinski definition) is 1. The summed E-state index contributed by atoms with van der Waals surface area (Å²) in [6, 6.07) is 10.8. The van der Waals surface area contributed by atoms with Crippen molar-refractivity contribution in [2.24, 2.45) is 0 Å². The lowest BCUT2D eigenvalue weighted by atomic mass is 10.1. The van der Waals surface area contributed by atoms with E-state index in [-0.39, 0.29) is 11.7 Å². The molecule has 0 spiro atoms. The summed E-state index contributed by atoms with van der Waals surface area (Å²) >= 11 is 1.51. The molecule has 1 amide bonds. The number of morpholine rings is 1. The third-order valence-corrected chi connectivity index (χ3v) is 4.75. The van der Waals surface area contributed by atoms with E-state index >= 15 is 0 Å². The third kappa shape index (κ3) is 3.78. The Morgan fingerprint density at radius 2 is 1.78 bits per heavy atom. The molecule has 1 aromatic carbocycles. The number of carbonyl (C=O) groups excluding carboxylic acids is 2. The summed E-state index contributed by atoms with van der Waals surface area (Å²) in [5.41, 5.74) is 1.31. The molecule has 0 radical (unpaired) electrons. The van der Waals surface area contributed by atoms with Crippen molar-refractivity contribution in [2.75, 3.05) is 36.5 Å². The van der Waals surface area contributed by atoms with Gasteiger partial charge in [0, 0.05) is 31.3 Å². The first-order valence-electron chi connectivity index (χ1n) is 7.48. The molecular weight excluding hydrogens is 312 g/mol. The maximum Gasteiger partial charge on any atom is 0.221 e. The molecule has 0 atom stereocenters. The van der Waals surface area contributed by atoms with Gasteiger partial charge in [-0.2, -0.15) is 0 Å². The predicted molar refractivity (Wildman–Crippen MR) is 91.5 cm³/mol. The van der Waals surface area contributed by atoms with E-state index in [0.717, 1.165) is 36.2 Å². The molecule has 1 aromatic heterocycles. The average Bonchev–Trinajstić information content (AvgIpc) is 3.05. The second-order valence-corrected chi connectivity index (χ2v) is 6.39. The normalized spacial score (nSPS) is 14.6. The van der Waals surface area contributed by atoms with E-state index in [1.807, 2.05) is 12.1 Å². The van der Waals surface area contributed by atoms with Gasteiger partial charge in [-0.1, -0.05) is 0 Å². The summed E-state index contributed by atoms with van der Waals surface area (Å²) in [5.74, 6) is -0.124. The molecule has 2 heterocycles. The zero-order chi connectivity index (χ0) is 16.2. The van der Waals surface area contributed by atoms with Gasteiger partial charge in [0.2, 0.25) is 11.7 Å². The number of nitrogens with one attached hydrogen (secondary N) is 1. The van der Waals surface area contributed by atoms with E-state index in [0.29, 0.717) is 11.3 Å². The monoisotopic (exact) mass is 330 g/mol. The van der Waals surface area contributed by atoms with Crippen LogP contribution in [0.3, 0.4) is 0 Å². The van der Waals surface area contributed by atoms with Gasteiger partial charge in [0.15, 0.2) is 0 Å². The average molecular weight is 330 g/mol. The highest BCUT2D eigenvalue weighted by Gasteiger charge is 2.17. The van der Waals surface area contributed by atoms with E-state index in [1.54, 1.807) is 24.3 Å². The number of anilines is 2. The van der Waals surface area contributed by atoms with Crippen LogP contribution in [0.25, 0.3) is 0 Å². The molecule has 1 fully saturated rings. The molecule has 0 aliphatic carbocycles. The van der Waals surface area contributed by atoms with Gasteiger partial charge in [0.1, 0.15) is 0 Å². The molecule has 6 heteroatoms. The Balaban J connectivity index is 1.72. The fraction of sp³-hybridized carbons (Fsp3) is 0.294. The fourth-order valence-electron chi connectivity index (χ4n) is 2.45. The molecule has 23 heavy (non-hydrogen) atoms. The molecule has 5 nitrogen and oxygen atoms in total. The maximum atomic E-state index is 12.6. The predicted octanol–water partition coefficient (Wildman–Crippen LogP) is 2.77. The van der Waals surface area contributed by atoms with Crippen LogP contribution in [-0.4, -0.2) is 38.0 Å². The van der Waals surface area contributed by atoms with Crippen LogP contribution in [0.1, 0.15) is 22.2 Å². The highest BCUT2D eigenvalue weighted by Crippen LogP contribution is 2.28. The van der Waals surface area contributed by atoms with Gasteiger partial charge < -0.3 is 15.0 Å². The first-order chi connectivity index (χ1) is 11.1. The molecule has 3 rings (SSSR count). The Morgan fingerprint density at radius 3 is 2.43 bits per heavy atom. The number of ether oxygens (including phenoxy) is 1. The highest BCUT2D eigenvalue weighted by atomic mass is 32.1. The number of thiophene rings is 1. The van der Waals surface area contributed by atoms with Gasteiger partial charge in [-0.25, -0.2) is 0 Å². The largest absolute Gasteiger partial charge is 0.378 e. The molecule has 1 aliphatic rings. The Morgan fingerprint density at radius 1 is 1.09 bits per heavy atom. The van der Waals surface area contributed by atoms with Gasteiger partial charge in [-0.3, -0.25) is 9.59 Å². The summed E-state index contributed by atoms with van der Waals surface area (Å²) in [4.78, 5) is 26.5. The van der Waals surface area contributed by atoms with Crippen LogP contribution < -0.4 is 10.2 Å². The molecule has 0 unspecified atom stereocenters. The van der Waals surface area contributed by atoms with Gasteiger partial charge in [-0.05, 0) is 36.4 Å². The lowest BCUT2D eigenvalue weighted by Crippen LogP contribution is -2.35. The van der Waals surface area contributed by atoms with Crippen molar-refractivity contribution in [2.45, 2.75) is 6.92 Å². The summed E-state index contributed by atoms with van der Waals surface area (Å²) in [6.07, 6.45) is 0. The van der Waals surface area contributed by atoms with Crippen LogP contribution in [0.15, 0.2) is 36.4 Å². The lowest BCUT2D eigenvalue weighted by molar-refractivity contribution is -0.114. The van der Waals surface area contributed by atoms with Crippen LogP contribution in [0.4, 0.5) is 10.7 Å². The first kappa shape index (κ1) is 15.7. The molecule has 1 saturated heterocycles. The number of rotatable bonds is 4. The van der Waals surface area contributed by atoms with Crippen LogP contribution >= 0.6 is 11.3 Å². The first-order valence-corrected chi connectivity index (χ1v) is 8.30. The maximum absolute atomic E-state index is 12.6. The van der Waals surface area contributed by atoms with Crippen LogP contribution in [-0.2, 0) is 9.53 Å². The van der Waals surface area contributed by atoms with Crippen LogP contribution in [0.5, 0.6) is 0 Å². The Bertz CT molecular complexity index is 703. The highest BCUT2D eigenvalue weighted by molar-refractivity contribution is 7.18. The van der Waals surface area contributed by atoms with E-state index in [9.17, 15) is 9.59 Å². The Hall–Kier alpha value is -2.18. The fourth-order valence-corrected chi connectivity index (χ4v) is 3.47. The van der Waals surface area contributed by atoms with Crippen molar-refractivity contribution in [3.8, 4) is 0 Å². The molecule has 0 bridgehead atoms. The Labute approximate surface area is 138 Å². The number of carbonyl (C=O) groups is 2. The number of amides is 1. The zero-order valence-electron chi connectivity index (χ0n) is 12.9. The number of nitrogens with zero attached hydrogens (tertiary/aromatic N) is 1. The molecule has 1 aliphatic heterocycles. The molecule has 120 valence electrons. The summed E-state index contributed by atoms with van der Waals surface area (Å²) in [6.45, 7) is 4.63. The molecular formula is C17H18N2O3S. The van der Waals surface area contributed by atoms with Crippen molar-refractivity contribution in [1.29, 1.82) is 0 Å². The van der Waals surface area contributed by atoms with E-state index < -0.39 is 0 Å². The molecule has 2 aromatic rings. The minimum atomic E-state index is -0.127. The molecule has 1 N–H and O–H groups in total. The SMILES string of the molecule is CC(=O)Nc1ccc(C(=O)c2ccc(N3CCOCC3)s2)cc1. The Kier molecular flexibility index (Phi) is 4.73. The summed E-state index contributed by atoms with van der Waals surface area (Å²) < 4.78 is 5.35. The summed E-state index contributed by atoms with van der Waals surface area (Å²) in [5, 5.41) is 3.79. The van der Waals surface area contributed by atoms with E-state index in [1.165, 1.54) is 18.3 Å². The number of ketones is 1. The van der Waals surface area contributed by atoms with Crippen molar-refractivity contribution in [3.05, 3.63) is 46.8 Å². The minimum absolute atomic E-state index is 0.00360. The van der Waals surface area contributed by atoms with E-state index in [2.05, 4.69) is 10.2 Å². The van der Waals surface area contributed by atoms with Crippen molar-refractivity contribution in [1.82, 2.24) is 0 Å². The van der Waals surface area contributed by atoms with Crippen molar-refractivity contribution in [3.63, 3.8) is 0 Å². The van der Waals surface area contributed by atoms with Gasteiger partial charge in [-0.15, -0.1) is 11.3 Å². The van der Waals surface area contributed by atoms with Crippen molar-refractivity contribution < 1.29 is 14.3 Å². The second kappa shape index (κ2) is 6.93. The minimum Gasteiger partial charge on any atom is -0.378 e. The quantitative estimate of drug-likeness (QED) is 0.876. The van der Waals surface area contributed by atoms with Gasteiger partial charge in [0.25, 0.3) is 0 Å². The third-order valence-electron chi connectivity index (χ3n) is 3.61. The van der Waals surface area contributed by atoms with Gasteiger partial charge >= 0.3 is 0 Å². The zero-order valence-corrected chi connectivity index (χ0v) is 13.7. The molecule has 0 saturated carbocycles. The van der Waals surface area contributed by atoms with Crippen LogP contribution in [0, 0.1) is 0 Å². The number of hydrogen-bond acceptors (Lipinski definition) is 5. The lowest BCUT2D eigenvalue weighted by Gasteiger charge is -2.27. The van der Waals surface area contributed by atoms with E-state index in [4.69, 9.17) is 4.74 Å². The standard InChI is InChI=1S/C17H18N2O3S/c1-12(20)18-14-4-2-13(3-5-14)17(21)15-6-7-16(23-15)19-8-10-22-11-9-19/h2-7H,8-11H2,1H3,(H,18,20). The smallest absolute Gasteiger partial charge is 0.221 e. The van der Waals surface area contributed by atoms with Crippen molar-refractivity contribution >= 4 is 33.7 Å². The topological polar surface area (TPSA) is 58.6 Å². The summed E-state index contributed by atoms with van der Waals surface area (Å²) in [7, 11) is 0.